The minimum atomic E-state index is -3.61. The lowest BCUT2D eigenvalue weighted by atomic mass is 9.71. The summed E-state index contributed by atoms with van der Waals surface area (Å²) in [5, 5.41) is 0. The normalized spacial score (nSPS) is 31.0. The van der Waals surface area contributed by atoms with Crippen LogP contribution in [0.2, 0.25) is 0 Å². The molecule has 32 heavy (non-hydrogen) atoms. The second-order valence-corrected chi connectivity index (χ2v) is 15.4. The molecule has 3 fully saturated rings. The van der Waals surface area contributed by atoms with Gasteiger partial charge in [0.05, 0.1) is 9.79 Å². The predicted octanol–water partition coefficient (Wildman–Crippen LogP) is 3.58. The highest BCUT2D eigenvalue weighted by Crippen LogP contribution is 2.64. The molecule has 2 aromatic carbocycles. The van der Waals surface area contributed by atoms with Crippen LogP contribution in [-0.2, 0) is 20.0 Å². The quantitative estimate of drug-likeness (QED) is 0.406. The number of halogens is 1. The molecule has 3 aliphatic rings. The molecule has 2 heterocycles. The van der Waals surface area contributed by atoms with Crippen molar-refractivity contribution >= 4 is 42.6 Å². The van der Waals surface area contributed by atoms with Crippen LogP contribution in [0.15, 0.2) is 58.3 Å². The molecule has 6 nitrogen and oxygen atoms in total. The summed E-state index contributed by atoms with van der Waals surface area (Å²) in [4.78, 5) is 0.619. The zero-order chi connectivity index (χ0) is 22.9. The number of sulfonamides is 2. The van der Waals surface area contributed by atoms with Crippen molar-refractivity contribution in [2.24, 2.45) is 10.8 Å². The lowest BCUT2D eigenvalue weighted by molar-refractivity contribution is 0.212. The van der Waals surface area contributed by atoms with Gasteiger partial charge in [0.2, 0.25) is 20.0 Å². The van der Waals surface area contributed by atoms with Gasteiger partial charge < -0.3 is 0 Å². The van der Waals surface area contributed by atoms with Crippen molar-refractivity contribution in [3.8, 4) is 0 Å². The van der Waals surface area contributed by atoms with Gasteiger partial charge in [-0.2, -0.15) is 8.61 Å². The first-order valence-electron chi connectivity index (χ1n) is 10.8. The fourth-order valence-electron chi connectivity index (χ4n) is 5.90. The van der Waals surface area contributed by atoms with Crippen molar-refractivity contribution in [2.45, 2.75) is 40.4 Å². The van der Waals surface area contributed by atoms with Crippen molar-refractivity contribution in [3.05, 3.63) is 59.7 Å². The van der Waals surface area contributed by atoms with E-state index in [4.69, 9.17) is 0 Å². The number of benzene rings is 2. The van der Waals surface area contributed by atoms with E-state index < -0.39 is 20.0 Å². The molecule has 0 amide bonds. The average molecular weight is 587 g/mol. The van der Waals surface area contributed by atoms with Gasteiger partial charge in [-0.1, -0.05) is 58.0 Å². The van der Waals surface area contributed by atoms with Crippen molar-refractivity contribution in [1.29, 1.82) is 0 Å². The molecule has 0 N–H and O–H groups in total. The molecular weight excluding hydrogens is 559 g/mol. The zero-order valence-corrected chi connectivity index (χ0v) is 22.0. The second kappa shape index (κ2) is 7.49. The molecule has 0 unspecified atom stereocenters. The molecule has 9 heteroatoms. The molecule has 0 radical (unpaired) electrons. The third-order valence-corrected chi connectivity index (χ3v) is 12.1. The fourth-order valence-corrected chi connectivity index (χ4v) is 10.8. The molecule has 0 atom stereocenters. The lowest BCUT2D eigenvalue weighted by Crippen LogP contribution is -2.40. The van der Waals surface area contributed by atoms with Crippen molar-refractivity contribution in [1.82, 2.24) is 8.61 Å². The minimum Gasteiger partial charge on any atom is -0.207 e. The van der Waals surface area contributed by atoms with E-state index in [1.165, 1.54) is 0 Å². The Hall–Kier alpha value is -1.01. The summed E-state index contributed by atoms with van der Waals surface area (Å²) in [6.45, 7) is 5.38. The van der Waals surface area contributed by atoms with E-state index in [0.29, 0.717) is 39.9 Å². The van der Waals surface area contributed by atoms with Crippen LogP contribution in [0.25, 0.3) is 0 Å². The predicted molar refractivity (Wildman–Crippen MR) is 132 cm³/mol. The van der Waals surface area contributed by atoms with Gasteiger partial charge in [-0.15, -0.1) is 0 Å². The molecule has 2 aromatic rings. The van der Waals surface area contributed by atoms with Gasteiger partial charge in [-0.3, -0.25) is 0 Å². The molecule has 5 rings (SSSR count). The Morgan fingerprint density at radius 2 is 1.00 bits per heavy atom. The topological polar surface area (TPSA) is 74.8 Å². The fraction of sp³-hybridized carbons (Fsp3) is 0.478. The first-order chi connectivity index (χ1) is 15.0. The molecule has 172 valence electrons. The monoisotopic (exact) mass is 586 g/mol. The van der Waals surface area contributed by atoms with Gasteiger partial charge in [0.15, 0.2) is 0 Å². The van der Waals surface area contributed by atoms with Crippen molar-refractivity contribution in [3.63, 3.8) is 0 Å². The average Bonchev–Trinajstić information content (AvgIpc) is 3.26. The maximum Gasteiger partial charge on any atom is 0.243 e. The number of rotatable bonds is 4. The zero-order valence-electron chi connectivity index (χ0n) is 18.2. The van der Waals surface area contributed by atoms with E-state index in [1.807, 2.05) is 38.1 Å². The van der Waals surface area contributed by atoms with Crippen LogP contribution in [0.1, 0.15) is 24.0 Å². The Balaban J connectivity index is 1.47. The van der Waals surface area contributed by atoms with Crippen LogP contribution in [0.3, 0.4) is 0 Å². The summed E-state index contributed by atoms with van der Waals surface area (Å²) in [7, 11) is -7.23. The Labute approximate surface area is 204 Å². The molecular formula is C23H27IN2O4S2. The summed E-state index contributed by atoms with van der Waals surface area (Å²) < 4.78 is 57.3. The molecule has 0 spiro atoms. The van der Waals surface area contributed by atoms with E-state index >= 15 is 0 Å². The molecule has 1 saturated carbocycles. The van der Waals surface area contributed by atoms with Crippen molar-refractivity contribution < 1.29 is 16.8 Å². The van der Waals surface area contributed by atoms with E-state index in [9.17, 15) is 16.8 Å². The summed E-state index contributed by atoms with van der Waals surface area (Å²) in [6.07, 6.45) is 1.68. The first kappa shape index (κ1) is 22.8. The highest BCUT2D eigenvalue weighted by Gasteiger charge is 2.69. The van der Waals surface area contributed by atoms with Gasteiger partial charge in [0.25, 0.3) is 0 Å². The number of hydrogen-bond acceptors (Lipinski definition) is 4. The maximum atomic E-state index is 13.4. The van der Waals surface area contributed by atoms with E-state index in [1.54, 1.807) is 32.9 Å². The highest BCUT2D eigenvalue weighted by atomic mass is 127. The lowest BCUT2D eigenvalue weighted by Gasteiger charge is -2.30. The van der Waals surface area contributed by atoms with E-state index in [0.717, 1.165) is 24.0 Å². The SMILES string of the molecule is Cc1ccc(S(=O)(=O)N2CC34CC(I)CC3(C2)CN(S(=O)(=O)c2ccc(C)cc2)C4)cc1. The van der Waals surface area contributed by atoms with Crippen LogP contribution in [-0.4, -0.2) is 55.5 Å². The first-order valence-corrected chi connectivity index (χ1v) is 14.9. The maximum absolute atomic E-state index is 13.4. The van der Waals surface area contributed by atoms with Crippen molar-refractivity contribution in [2.75, 3.05) is 26.2 Å². The largest absolute Gasteiger partial charge is 0.243 e. The minimum absolute atomic E-state index is 0.309. The molecule has 2 aliphatic heterocycles. The number of alkyl halides is 1. The summed E-state index contributed by atoms with van der Waals surface area (Å²) >= 11 is 2.45. The molecule has 1 aliphatic carbocycles. The van der Waals surface area contributed by atoms with Gasteiger partial charge in [-0.25, -0.2) is 16.8 Å². The Morgan fingerprint density at radius 1 is 0.688 bits per heavy atom. The van der Waals surface area contributed by atoms with Gasteiger partial charge in [0.1, 0.15) is 0 Å². The molecule has 0 bridgehead atoms. The third kappa shape index (κ3) is 3.38. The molecule has 0 aromatic heterocycles. The van der Waals surface area contributed by atoms with E-state index in [-0.39, 0.29) is 10.8 Å². The smallest absolute Gasteiger partial charge is 0.207 e. The third-order valence-electron chi connectivity index (χ3n) is 7.58. The van der Waals surface area contributed by atoms with Crippen LogP contribution < -0.4 is 0 Å². The van der Waals surface area contributed by atoms with Gasteiger partial charge in [-0.05, 0) is 51.0 Å². The number of aryl methyl sites for hydroxylation is 2. The van der Waals surface area contributed by atoms with E-state index in [2.05, 4.69) is 22.6 Å². The Bertz CT molecular complexity index is 1150. The summed E-state index contributed by atoms with van der Waals surface area (Å²) in [5.74, 6) is 0. The standard InChI is InChI=1S/C23H27IN2O4S2/c1-17-3-7-20(8-4-17)31(27,28)25-13-22-11-19(24)12-23(22,14-25)16-26(15-22)32(29,30)21-9-5-18(2)6-10-21/h3-10,19H,11-16H2,1-2H3. The summed E-state index contributed by atoms with van der Waals surface area (Å²) in [6, 6.07) is 13.9. The highest BCUT2D eigenvalue weighted by molar-refractivity contribution is 14.1. The Morgan fingerprint density at radius 3 is 1.31 bits per heavy atom. The number of hydrogen-bond donors (Lipinski definition) is 0. The molecule has 2 saturated heterocycles. The van der Waals surface area contributed by atoms with Gasteiger partial charge in [0, 0.05) is 40.9 Å². The van der Waals surface area contributed by atoms with Crippen LogP contribution in [0.5, 0.6) is 0 Å². The van der Waals surface area contributed by atoms with Crippen LogP contribution >= 0.6 is 22.6 Å². The van der Waals surface area contributed by atoms with Gasteiger partial charge >= 0.3 is 0 Å². The second-order valence-electron chi connectivity index (χ2n) is 9.74. The van der Waals surface area contributed by atoms with Crippen LogP contribution in [0, 0.1) is 24.7 Å². The number of nitrogens with zero attached hydrogens (tertiary/aromatic N) is 2. The van der Waals surface area contributed by atoms with Crippen LogP contribution in [0.4, 0.5) is 0 Å². The Kier molecular flexibility index (Phi) is 5.33. The summed E-state index contributed by atoms with van der Waals surface area (Å²) in [5.41, 5.74) is 1.35.